The van der Waals surface area contributed by atoms with E-state index in [1.807, 2.05) is 12.1 Å². The van der Waals surface area contributed by atoms with Crippen molar-refractivity contribution in [1.82, 2.24) is 0 Å². The van der Waals surface area contributed by atoms with Crippen molar-refractivity contribution in [3.05, 3.63) is 63.2 Å². The fourth-order valence-electron chi connectivity index (χ4n) is 3.13. The smallest absolute Gasteiger partial charge is 0.338 e. The molecule has 7 nitrogen and oxygen atoms in total. The monoisotopic (exact) mass is 404 g/mol. The number of non-ortho nitro benzene ring substituents is 1. The van der Waals surface area contributed by atoms with Crippen LogP contribution in [0.5, 0.6) is 5.75 Å². The lowest BCUT2D eigenvalue weighted by atomic mass is 10.1. The molecule has 1 aliphatic rings. The Bertz CT molecular complexity index is 848. The summed E-state index contributed by atoms with van der Waals surface area (Å²) >= 11 is 6.10. The Balaban J connectivity index is 1.56. The molecule has 28 heavy (non-hydrogen) atoms. The number of carbonyl (C=O) groups excluding carboxylic acids is 1. The standard InChI is InChI=1S/C20H21ClN2O5/c1-2-27-20(24)14-3-5-15(6-4-14)22-11-9-17(10-12-22)28-19-8-7-16(23(25)26)13-18(19)21/h3-8,13,17H,2,9-12H2,1H3. The summed E-state index contributed by atoms with van der Waals surface area (Å²) in [6.45, 7) is 3.73. The van der Waals surface area contributed by atoms with Gasteiger partial charge in [0.25, 0.3) is 5.69 Å². The molecule has 0 N–H and O–H groups in total. The first-order chi connectivity index (χ1) is 13.5. The van der Waals surface area contributed by atoms with Gasteiger partial charge in [-0.1, -0.05) is 11.6 Å². The molecule has 0 atom stereocenters. The van der Waals surface area contributed by atoms with Gasteiger partial charge in [0.05, 0.1) is 22.1 Å². The number of nitrogens with zero attached hydrogens (tertiary/aromatic N) is 2. The molecule has 8 heteroatoms. The minimum atomic E-state index is -0.485. The van der Waals surface area contributed by atoms with Gasteiger partial charge in [0.15, 0.2) is 0 Å². The lowest BCUT2D eigenvalue weighted by Gasteiger charge is -2.34. The number of halogens is 1. The van der Waals surface area contributed by atoms with Crippen LogP contribution in [0, 0.1) is 10.1 Å². The van der Waals surface area contributed by atoms with Crippen molar-refractivity contribution in [2.75, 3.05) is 24.6 Å². The summed E-state index contributed by atoms with van der Waals surface area (Å²) in [4.78, 5) is 24.3. The zero-order valence-corrected chi connectivity index (χ0v) is 16.2. The zero-order valence-electron chi connectivity index (χ0n) is 15.5. The minimum absolute atomic E-state index is 0.00555. The third kappa shape index (κ3) is 4.72. The molecule has 2 aromatic rings. The van der Waals surface area contributed by atoms with Crippen molar-refractivity contribution in [1.29, 1.82) is 0 Å². The van der Waals surface area contributed by atoms with E-state index in [4.69, 9.17) is 21.1 Å². The van der Waals surface area contributed by atoms with E-state index in [0.29, 0.717) is 17.9 Å². The van der Waals surface area contributed by atoms with Crippen LogP contribution in [-0.4, -0.2) is 36.7 Å². The Hall–Kier alpha value is -2.80. The van der Waals surface area contributed by atoms with Crippen LogP contribution in [0.1, 0.15) is 30.1 Å². The van der Waals surface area contributed by atoms with E-state index >= 15 is 0 Å². The number of piperidine rings is 1. The summed E-state index contributed by atoms with van der Waals surface area (Å²) in [5.41, 5.74) is 1.52. The number of benzene rings is 2. The SMILES string of the molecule is CCOC(=O)c1ccc(N2CCC(Oc3ccc([N+](=O)[O-])cc3Cl)CC2)cc1. The highest BCUT2D eigenvalue weighted by atomic mass is 35.5. The molecular formula is C20H21ClN2O5. The fourth-order valence-corrected chi connectivity index (χ4v) is 3.35. The van der Waals surface area contributed by atoms with Gasteiger partial charge >= 0.3 is 5.97 Å². The molecule has 1 heterocycles. The Morgan fingerprint density at radius 3 is 2.46 bits per heavy atom. The van der Waals surface area contributed by atoms with Gasteiger partial charge in [-0.25, -0.2) is 4.79 Å². The summed E-state index contributed by atoms with van der Waals surface area (Å²) in [5.74, 6) is 0.144. The van der Waals surface area contributed by atoms with Crippen molar-refractivity contribution < 1.29 is 19.2 Å². The van der Waals surface area contributed by atoms with E-state index in [1.54, 1.807) is 25.1 Å². The fraction of sp³-hybridized carbons (Fsp3) is 0.350. The Morgan fingerprint density at radius 2 is 1.89 bits per heavy atom. The third-order valence-electron chi connectivity index (χ3n) is 4.61. The number of rotatable bonds is 6. The highest BCUT2D eigenvalue weighted by Gasteiger charge is 2.22. The molecule has 1 fully saturated rings. The summed E-state index contributed by atoms with van der Waals surface area (Å²) in [7, 11) is 0. The van der Waals surface area contributed by atoms with E-state index in [0.717, 1.165) is 31.6 Å². The van der Waals surface area contributed by atoms with E-state index in [9.17, 15) is 14.9 Å². The molecule has 1 saturated heterocycles. The molecule has 0 aromatic heterocycles. The van der Waals surface area contributed by atoms with Crippen LogP contribution >= 0.6 is 11.6 Å². The van der Waals surface area contributed by atoms with Gasteiger partial charge < -0.3 is 14.4 Å². The number of ether oxygens (including phenoxy) is 2. The second-order valence-electron chi connectivity index (χ2n) is 6.44. The Morgan fingerprint density at radius 1 is 1.21 bits per heavy atom. The molecule has 0 bridgehead atoms. The van der Waals surface area contributed by atoms with Crippen molar-refractivity contribution >= 4 is 28.9 Å². The van der Waals surface area contributed by atoms with Gasteiger partial charge in [-0.05, 0) is 37.3 Å². The van der Waals surface area contributed by atoms with Crippen LogP contribution in [0.2, 0.25) is 5.02 Å². The maximum Gasteiger partial charge on any atom is 0.338 e. The van der Waals surface area contributed by atoms with Crippen LogP contribution in [0.4, 0.5) is 11.4 Å². The Kier molecular flexibility index (Phi) is 6.36. The van der Waals surface area contributed by atoms with Crippen LogP contribution in [0.15, 0.2) is 42.5 Å². The van der Waals surface area contributed by atoms with Crippen LogP contribution < -0.4 is 9.64 Å². The van der Waals surface area contributed by atoms with E-state index in [1.165, 1.54) is 12.1 Å². The second kappa shape index (κ2) is 8.93. The van der Waals surface area contributed by atoms with Gasteiger partial charge in [-0.15, -0.1) is 0 Å². The number of hydrogen-bond donors (Lipinski definition) is 0. The average molecular weight is 405 g/mol. The van der Waals surface area contributed by atoms with E-state index in [2.05, 4.69) is 4.90 Å². The summed E-state index contributed by atoms with van der Waals surface area (Å²) in [6.07, 6.45) is 1.59. The molecule has 0 unspecified atom stereocenters. The van der Waals surface area contributed by atoms with Crippen molar-refractivity contribution in [2.45, 2.75) is 25.9 Å². The van der Waals surface area contributed by atoms with Gasteiger partial charge in [0, 0.05) is 43.8 Å². The van der Waals surface area contributed by atoms with Crippen LogP contribution in [0.3, 0.4) is 0 Å². The minimum Gasteiger partial charge on any atom is -0.489 e. The van der Waals surface area contributed by atoms with Crippen LogP contribution in [0.25, 0.3) is 0 Å². The van der Waals surface area contributed by atoms with Crippen LogP contribution in [-0.2, 0) is 4.74 Å². The molecular weight excluding hydrogens is 384 g/mol. The first-order valence-corrected chi connectivity index (χ1v) is 9.48. The second-order valence-corrected chi connectivity index (χ2v) is 6.85. The van der Waals surface area contributed by atoms with Crippen molar-refractivity contribution in [3.8, 4) is 5.75 Å². The number of nitro groups is 1. The lowest BCUT2D eigenvalue weighted by molar-refractivity contribution is -0.384. The number of hydrogen-bond acceptors (Lipinski definition) is 6. The van der Waals surface area contributed by atoms with Gasteiger partial charge in [0.2, 0.25) is 0 Å². The summed E-state index contributed by atoms with van der Waals surface area (Å²) < 4.78 is 10.9. The van der Waals surface area contributed by atoms with Gasteiger partial charge in [-0.2, -0.15) is 0 Å². The molecule has 0 aliphatic carbocycles. The quantitative estimate of drug-likeness (QED) is 0.401. The van der Waals surface area contributed by atoms with E-state index in [-0.39, 0.29) is 22.8 Å². The van der Waals surface area contributed by atoms with E-state index < -0.39 is 4.92 Å². The molecule has 148 valence electrons. The molecule has 3 rings (SSSR count). The topological polar surface area (TPSA) is 81.9 Å². The largest absolute Gasteiger partial charge is 0.489 e. The van der Waals surface area contributed by atoms with Gasteiger partial charge in [0.1, 0.15) is 11.9 Å². The predicted octanol–water partition coefficient (Wildman–Crippen LogP) is 4.47. The van der Waals surface area contributed by atoms with Crippen molar-refractivity contribution in [3.63, 3.8) is 0 Å². The summed E-state index contributed by atoms with van der Waals surface area (Å²) in [6, 6.07) is 11.6. The first-order valence-electron chi connectivity index (χ1n) is 9.10. The normalized spacial score (nSPS) is 14.6. The first kappa shape index (κ1) is 19.9. The Labute approximate surface area is 168 Å². The molecule has 1 aliphatic heterocycles. The molecule has 2 aromatic carbocycles. The molecule has 0 amide bonds. The maximum atomic E-state index is 11.7. The summed E-state index contributed by atoms with van der Waals surface area (Å²) in [5, 5.41) is 11.0. The zero-order chi connectivity index (χ0) is 20.1. The molecule has 0 saturated carbocycles. The van der Waals surface area contributed by atoms with Gasteiger partial charge in [-0.3, -0.25) is 10.1 Å². The molecule has 0 radical (unpaired) electrons. The number of esters is 1. The predicted molar refractivity (Wildman–Crippen MR) is 106 cm³/mol. The molecule has 0 spiro atoms. The number of carbonyl (C=O) groups is 1. The number of nitro benzene ring substituents is 1. The third-order valence-corrected chi connectivity index (χ3v) is 4.90. The lowest BCUT2D eigenvalue weighted by Crippen LogP contribution is -2.38. The highest BCUT2D eigenvalue weighted by molar-refractivity contribution is 6.32. The average Bonchev–Trinajstić information content (AvgIpc) is 2.70. The number of anilines is 1. The maximum absolute atomic E-state index is 11.7. The highest BCUT2D eigenvalue weighted by Crippen LogP contribution is 2.31. The van der Waals surface area contributed by atoms with Crippen molar-refractivity contribution in [2.24, 2.45) is 0 Å².